The molecule has 1 heterocycles. The Balaban J connectivity index is 1.49. The van der Waals surface area contributed by atoms with E-state index in [-0.39, 0.29) is 17.6 Å². The smallest absolute Gasteiger partial charge is 0.230 e. The lowest BCUT2D eigenvalue weighted by molar-refractivity contribution is -0.124. The highest BCUT2D eigenvalue weighted by molar-refractivity contribution is 6.31. The summed E-state index contributed by atoms with van der Waals surface area (Å²) in [5.74, 6) is 0.753. The van der Waals surface area contributed by atoms with Crippen LogP contribution < -0.4 is 9.80 Å². The molecule has 0 N–H and O–H groups in total. The van der Waals surface area contributed by atoms with Crippen molar-refractivity contribution < 1.29 is 11.0 Å². The number of pyridine rings is 1. The van der Waals surface area contributed by atoms with Gasteiger partial charge in [0.1, 0.15) is 0 Å². The van der Waals surface area contributed by atoms with E-state index in [1.165, 1.54) is 19.4 Å². The summed E-state index contributed by atoms with van der Waals surface area (Å²) in [4.78, 5) is 33.5. The maximum atomic E-state index is 14.1. The maximum Gasteiger partial charge on any atom is 0.230 e. The summed E-state index contributed by atoms with van der Waals surface area (Å²) in [6.45, 7) is 0.448. The normalized spacial score (nSPS) is 21.4. The third kappa shape index (κ3) is 5.68. The standard InChI is InChI=1S/C32H34ClN3O2/c1-21(37)4-5-23-15-29(19-34-18-23)36(32(38)30-16-22-6-7-26(30)14-22)20-27-9-8-25(17-31(27)33)24-10-12-28(13-11-24)35(2)3/h4-5,8-13,15,17-19,22,26,30H,6-7,14,16,20H2,1-3H3/b5-4+/t22-,26+,30-/m1/s1/i20D/t20?,22-,26+,30-. The number of aromatic nitrogens is 1. The fraction of sp³-hybridized carbons (Fsp3) is 0.344. The minimum Gasteiger partial charge on any atom is -0.378 e. The molecule has 1 aromatic heterocycles. The van der Waals surface area contributed by atoms with E-state index in [2.05, 4.69) is 29.2 Å². The first-order valence-electron chi connectivity index (χ1n) is 13.7. The van der Waals surface area contributed by atoms with Crippen LogP contribution in [0.3, 0.4) is 0 Å². The van der Waals surface area contributed by atoms with Gasteiger partial charge in [-0.15, -0.1) is 0 Å². The number of benzene rings is 2. The molecule has 2 aliphatic rings. The van der Waals surface area contributed by atoms with Crippen molar-refractivity contribution in [3.05, 3.63) is 83.2 Å². The molecule has 38 heavy (non-hydrogen) atoms. The molecule has 0 radical (unpaired) electrons. The molecular weight excluding hydrogens is 494 g/mol. The second-order valence-corrected chi connectivity index (χ2v) is 11.1. The van der Waals surface area contributed by atoms with E-state index in [0.717, 1.165) is 36.1 Å². The molecule has 0 spiro atoms. The van der Waals surface area contributed by atoms with Gasteiger partial charge < -0.3 is 9.80 Å². The highest BCUT2D eigenvalue weighted by Crippen LogP contribution is 2.49. The molecule has 5 rings (SSSR count). The van der Waals surface area contributed by atoms with Crippen LogP contribution in [-0.4, -0.2) is 30.8 Å². The van der Waals surface area contributed by atoms with Crippen molar-refractivity contribution in [3.8, 4) is 11.1 Å². The van der Waals surface area contributed by atoms with Crippen LogP contribution in [-0.2, 0) is 16.1 Å². The van der Waals surface area contributed by atoms with Gasteiger partial charge in [-0.2, -0.15) is 0 Å². The van der Waals surface area contributed by atoms with E-state index in [4.69, 9.17) is 11.6 Å². The predicted octanol–water partition coefficient (Wildman–Crippen LogP) is 7.04. The van der Waals surface area contributed by atoms with Crippen molar-refractivity contribution in [3.63, 3.8) is 0 Å². The summed E-state index contributed by atoms with van der Waals surface area (Å²) in [5, 5.41) is 0.440. The van der Waals surface area contributed by atoms with Crippen LogP contribution in [0, 0.1) is 17.8 Å². The lowest BCUT2D eigenvalue weighted by Gasteiger charge is -2.30. The van der Waals surface area contributed by atoms with Gasteiger partial charge in [0.2, 0.25) is 5.91 Å². The number of anilines is 2. The van der Waals surface area contributed by atoms with Crippen molar-refractivity contribution in [1.82, 2.24) is 4.98 Å². The summed E-state index contributed by atoms with van der Waals surface area (Å²) >= 11 is 6.80. The molecule has 1 amide bonds. The van der Waals surface area contributed by atoms with Crippen LogP contribution in [0.2, 0.25) is 5.02 Å². The molecule has 4 atom stereocenters. The molecule has 2 aromatic carbocycles. The topological polar surface area (TPSA) is 53.5 Å². The van der Waals surface area contributed by atoms with E-state index in [9.17, 15) is 11.0 Å². The number of ketones is 1. The summed E-state index contributed by atoms with van der Waals surface area (Å²) in [5.41, 5.74) is 4.88. The van der Waals surface area contributed by atoms with Crippen LogP contribution in [0.5, 0.6) is 0 Å². The van der Waals surface area contributed by atoms with Crippen LogP contribution in [0.1, 0.15) is 45.1 Å². The number of amides is 1. The number of rotatable bonds is 8. The molecule has 3 aromatic rings. The molecule has 2 aliphatic carbocycles. The molecule has 196 valence electrons. The minimum absolute atomic E-state index is 0.0453. The average molecular weight is 529 g/mol. The SMILES string of the molecule is [2H]C(c1ccc(-c2ccc(N(C)C)cc2)cc1Cl)N(C(=O)[C@@H]1C[C@@H]2CC[C@H]1C2)c1cncc(/C=C/C(C)=O)c1. The van der Waals surface area contributed by atoms with Gasteiger partial charge in [-0.1, -0.05) is 42.3 Å². The Hall–Kier alpha value is -3.44. The lowest BCUT2D eigenvalue weighted by atomic mass is 9.87. The van der Waals surface area contributed by atoms with Crippen molar-refractivity contribution >= 4 is 40.7 Å². The van der Waals surface area contributed by atoms with E-state index in [1.807, 2.05) is 43.3 Å². The molecule has 2 bridgehead atoms. The monoisotopic (exact) mass is 528 g/mol. The van der Waals surface area contributed by atoms with Crippen molar-refractivity contribution in [2.24, 2.45) is 17.8 Å². The lowest BCUT2D eigenvalue weighted by Crippen LogP contribution is -2.38. The largest absolute Gasteiger partial charge is 0.378 e. The zero-order chi connectivity index (χ0) is 27.7. The molecule has 1 unspecified atom stereocenters. The molecular formula is C32H34ClN3O2. The quantitative estimate of drug-likeness (QED) is 0.294. The van der Waals surface area contributed by atoms with E-state index in [1.54, 1.807) is 23.4 Å². The van der Waals surface area contributed by atoms with Crippen LogP contribution in [0.25, 0.3) is 17.2 Å². The zero-order valence-electron chi connectivity index (χ0n) is 23.1. The van der Waals surface area contributed by atoms with Gasteiger partial charge in [-0.25, -0.2) is 0 Å². The van der Waals surface area contributed by atoms with Gasteiger partial charge in [-0.05, 0) is 96.7 Å². The van der Waals surface area contributed by atoms with Gasteiger partial charge in [0, 0.05) is 36.9 Å². The fourth-order valence-electron chi connectivity index (χ4n) is 5.78. The first kappa shape index (κ1) is 24.9. The molecule has 0 aliphatic heterocycles. The third-order valence-corrected chi connectivity index (χ3v) is 8.14. The number of nitrogens with zero attached hydrogens (tertiary/aromatic N) is 3. The van der Waals surface area contributed by atoms with Gasteiger partial charge in [0.25, 0.3) is 0 Å². The summed E-state index contributed by atoms with van der Waals surface area (Å²) in [6, 6.07) is 15.7. The fourth-order valence-corrected chi connectivity index (χ4v) is 6.00. The summed E-state index contributed by atoms with van der Waals surface area (Å²) < 4.78 is 9.28. The summed E-state index contributed by atoms with van der Waals surface area (Å²) in [6.07, 6.45) is 10.6. The number of halogens is 1. The Morgan fingerprint density at radius 1 is 1.03 bits per heavy atom. The van der Waals surface area contributed by atoms with Gasteiger partial charge >= 0.3 is 0 Å². The van der Waals surface area contributed by atoms with Crippen molar-refractivity contribution in [1.29, 1.82) is 0 Å². The Bertz CT molecular complexity index is 1400. The van der Waals surface area contributed by atoms with E-state index < -0.39 is 6.52 Å². The molecule has 6 heteroatoms. The van der Waals surface area contributed by atoms with Crippen LogP contribution in [0.4, 0.5) is 11.4 Å². The van der Waals surface area contributed by atoms with Crippen LogP contribution >= 0.6 is 11.6 Å². The number of carbonyl (C=O) groups excluding carboxylic acids is 2. The second kappa shape index (κ2) is 11.1. The number of fused-ring (bicyclic) bond motifs is 2. The number of hydrogen-bond donors (Lipinski definition) is 0. The van der Waals surface area contributed by atoms with Gasteiger partial charge in [0.15, 0.2) is 5.78 Å². The Kier molecular flexibility index (Phi) is 7.28. The van der Waals surface area contributed by atoms with Crippen LogP contribution in [0.15, 0.2) is 67.0 Å². The first-order chi connectivity index (χ1) is 18.7. The summed E-state index contributed by atoms with van der Waals surface area (Å²) in [7, 11) is 4.01. The number of allylic oxidation sites excluding steroid dienone is 1. The predicted molar refractivity (Wildman–Crippen MR) is 155 cm³/mol. The van der Waals surface area contributed by atoms with Crippen molar-refractivity contribution in [2.45, 2.75) is 39.1 Å². The average Bonchev–Trinajstić information content (AvgIpc) is 3.56. The van der Waals surface area contributed by atoms with E-state index >= 15 is 0 Å². The molecule has 2 saturated carbocycles. The molecule has 2 fully saturated rings. The number of hydrogen-bond acceptors (Lipinski definition) is 4. The highest BCUT2D eigenvalue weighted by atomic mass is 35.5. The van der Waals surface area contributed by atoms with Gasteiger partial charge in [-0.3, -0.25) is 14.6 Å². The van der Waals surface area contributed by atoms with E-state index in [0.29, 0.717) is 33.7 Å². The zero-order valence-corrected chi connectivity index (χ0v) is 22.9. The molecule has 5 nitrogen and oxygen atoms in total. The Labute approximate surface area is 231 Å². The molecule has 0 saturated heterocycles. The Morgan fingerprint density at radius 2 is 1.79 bits per heavy atom. The van der Waals surface area contributed by atoms with Gasteiger partial charge in [0.05, 0.1) is 19.8 Å². The minimum atomic E-state index is -1.04. The Morgan fingerprint density at radius 3 is 2.42 bits per heavy atom. The maximum absolute atomic E-state index is 14.1. The number of carbonyl (C=O) groups is 2. The second-order valence-electron chi connectivity index (χ2n) is 10.7. The third-order valence-electron chi connectivity index (χ3n) is 7.81. The van der Waals surface area contributed by atoms with Crippen molar-refractivity contribution in [2.75, 3.05) is 23.9 Å². The highest BCUT2D eigenvalue weighted by Gasteiger charge is 2.44. The first-order valence-corrected chi connectivity index (χ1v) is 13.5.